The molecule has 2 aromatic carbocycles. The average molecular weight is 463 g/mol. The smallest absolute Gasteiger partial charge is 0.296 e. The molecule has 8 nitrogen and oxygen atoms in total. The Balaban J connectivity index is 1.88. The molecule has 3 aromatic rings. The lowest BCUT2D eigenvalue weighted by Gasteiger charge is -2.23. The van der Waals surface area contributed by atoms with Crippen molar-refractivity contribution in [1.29, 1.82) is 0 Å². The van der Waals surface area contributed by atoms with Gasteiger partial charge in [-0.3, -0.25) is 9.59 Å². The fourth-order valence-electron chi connectivity index (χ4n) is 4.05. The molecule has 1 fully saturated rings. The summed E-state index contributed by atoms with van der Waals surface area (Å²) in [5.74, 6) is 0.449. The molecule has 1 N–H and O–H groups in total. The number of hydrogen-bond acceptors (Lipinski definition) is 7. The molecule has 0 aliphatic carbocycles. The molecule has 1 atom stereocenters. The van der Waals surface area contributed by atoms with Gasteiger partial charge in [0.25, 0.3) is 11.7 Å². The van der Waals surface area contributed by atoms with Crippen LogP contribution in [0.2, 0.25) is 0 Å². The third-order valence-corrected chi connectivity index (χ3v) is 5.72. The highest BCUT2D eigenvalue weighted by atomic mass is 16.5. The Morgan fingerprint density at radius 2 is 1.71 bits per heavy atom. The van der Waals surface area contributed by atoms with Crippen LogP contribution in [0.3, 0.4) is 0 Å². The number of methoxy groups -OCH3 is 3. The summed E-state index contributed by atoms with van der Waals surface area (Å²) in [6.45, 7) is 1.88. The summed E-state index contributed by atoms with van der Waals surface area (Å²) in [5, 5.41) is 11.3. The summed E-state index contributed by atoms with van der Waals surface area (Å²) >= 11 is 0. The van der Waals surface area contributed by atoms with Crippen LogP contribution in [0.1, 0.15) is 28.7 Å². The maximum Gasteiger partial charge on any atom is 0.296 e. The maximum absolute atomic E-state index is 13.2. The number of ether oxygens (including phenoxy) is 3. The standard InChI is InChI=1S/C26H25NO7/c1-15-8-10-21(34-15)23-22(24(28)19-13-18(32-3)9-11-20(19)33-4)25(29)26(30)27(23)14-16-6-5-7-17(12-16)31-2/h5-13,23,28H,14H2,1-4H3/b24-22+. The molecule has 4 rings (SSSR count). The first-order valence-corrected chi connectivity index (χ1v) is 10.6. The van der Waals surface area contributed by atoms with E-state index in [0.29, 0.717) is 28.8 Å². The van der Waals surface area contributed by atoms with Gasteiger partial charge in [0, 0.05) is 6.54 Å². The number of amides is 1. The predicted octanol–water partition coefficient (Wildman–Crippen LogP) is 4.24. The fourth-order valence-corrected chi connectivity index (χ4v) is 4.05. The molecular formula is C26H25NO7. The molecule has 1 aliphatic heterocycles. The summed E-state index contributed by atoms with van der Waals surface area (Å²) in [6, 6.07) is 14.6. The van der Waals surface area contributed by atoms with E-state index in [4.69, 9.17) is 18.6 Å². The number of aryl methyl sites for hydroxylation is 1. The molecular weight excluding hydrogens is 438 g/mol. The normalized spacial score (nSPS) is 17.2. The van der Waals surface area contributed by atoms with E-state index in [1.54, 1.807) is 62.6 Å². The Bertz CT molecular complexity index is 1270. The van der Waals surface area contributed by atoms with E-state index in [-0.39, 0.29) is 23.4 Å². The van der Waals surface area contributed by atoms with Gasteiger partial charge in [0.05, 0.1) is 32.5 Å². The predicted molar refractivity (Wildman–Crippen MR) is 124 cm³/mol. The molecule has 1 aliphatic rings. The SMILES string of the molecule is COc1cccc(CN2C(=O)C(=O)/C(=C(/O)c3cc(OC)ccc3OC)C2c2ccc(C)o2)c1. The number of aliphatic hydroxyl groups is 1. The van der Waals surface area contributed by atoms with Crippen molar-refractivity contribution in [1.82, 2.24) is 4.90 Å². The number of ketones is 1. The number of rotatable bonds is 7. The lowest BCUT2D eigenvalue weighted by Crippen LogP contribution is -2.29. The van der Waals surface area contributed by atoms with Crippen LogP contribution in [0.5, 0.6) is 17.2 Å². The zero-order valence-corrected chi connectivity index (χ0v) is 19.3. The second-order valence-corrected chi connectivity index (χ2v) is 7.79. The van der Waals surface area contributed by atoms with E-state index < -0.39 is 17.7 Å². The first kappa shape index (κ1) is 23.0. The highest BCUT2D eigenvalue weighted by Gasteiger charge is 2.47. The third kappa shape index (κ3) is 4.10. The summed E-state index contributed by atoms with van der Waals surface area (Å²) in [4.78, 5) is 27.8. The average Bonchev–Trinajstić information content (AvgIpc) is 3.39. The number of benzene rings is 2. The van der Waals surface area contributed by atoms with Crippen LogP contribution in [0.25, 0.3) is 5.76 Å². The van der Waals surface area contributed by atoms with Crippen molar-refractivity contribution >= 4 is 17.4 Å². The second kappa shape index (κ2) is 9.35. The van der Waals surface area contributed by atoms with Crippen molar-refractivity contribution in [3.05, 3.63) is 82.8 Å². The largest absolute Gasteiger partial charge is 0.507 e. The van der Waals surface area contributed by atoms with E-state index in [1.807, 2.05) is 6.07 Å². The van der Waals surface area contributed by atoms with Gasteiger partial charge in [-0.1, -0.05) is 12.1 Å². The van der Waals surface area contributed by atoms with Gasteiger partial charge in [-0.25, -0.2) is 0 Å². The van der Waals surface area contributed by atoms with Crippen LogP contribution in [-0.2, 0) is 16.1 Å². The van der Waals surface area contributed by atoms with E-state index in [2.05, 4.69) is 0 Å². The van der Waals surface area contributed by atoms with Crippen molar-refractivity contribution < 1.29 is 33.3 Å². The number of furan rings is 1. The molecule has 1 saturated heterocycles. The molecule has 176 valence electrons. The highest BCUT2D eigenvalue weighted by Crippen LogP contribution is 2.42. The molecule has 8 heteroatoms. The maximum atomic E-state index is 13.2. The van der Waals surface area contributed by atoms with Crippen molar-refractivity contribution in [3.63, 3.8) is 0 Å². The molecule has 34 heavy (non-hydrogen) atoms. The summed E-state index contributed by atoms with van der Waals surface area (Å²) in [6.07, 6.45) is 0. The minimum atomic E-state index is -0.934. The lowest BCUT2D eigenvalue weighted by atomic mass is 9.98. The molecule has 0 spiro atoms. The Kier molecular flexibility index (Phi) is 6.32. The first-order chi connectivity index (χ1) is 16.4. The highest BCUT2D eigenvalue weighted by molar-refractivity contribution is 6.46. The molecule has 0 bridgehead atoms. The van der Waals surface area contributed by atoms with Crippen LogP contribution in [0.4, 0.5) is 0 Å². The molecule has 1 aromatic heterocycles. The number of likely N-dealkylation sites (tertiary alicyclic amines) is 1. The van der Waals surface area contributed by atoms with E-state index >= 15 is 0 Å². The molecule has 0 radical (unpaired) electrons. The molecule has 1 amide bonds. The van der Waals surface area contributed by atoms with Gasteiger partial charge >= 0.3 is 0 Å². The number of carbonyl (C=O) groups excluding carboxylic acids is 2. The van der Waals surface area contributed by atoms with Crippen LogP contribution in [-0.4, -0.2) is 43.0 Å². The van der Waals surface area contributed by atoms with Gasteiger partial charge in [-0.2, -0.15) is 0 Å². The van der Waals surface area contributed by atoms with Crippen LogP contribution in [0, 0.1) is 6.92 Å². The fraction of sp³-hybridized carbons (Fsp3) is 0.231. The minimum absolute atomic E-state index is 0.0891. The number of nitrogens with zero attached hydrogens (tertiary/aromatic N) is 1. The van der Waals surface area contributed by atoms with E-state index in [9.17, 15) is 14.7 Å². The minimum Gasteiger partial charge on any atom is -0.507 e. The van der Waals surface area contributed by atoms with Crippen molar-refractivity contribution in [3.8, 4) is 17.2 Å². The van der Waals surface area contributed by atoms with E-state index in [0.717, 1.165) is 5.56 Å². The Labute approximate surface area is 197 Å². The molecule has 1 unspecified atom stereocenters. The number of carbonyl (C=O) groups is 2. The number of hydrogen-bond donors (Lipinski definition) is 1. The van der Waals surface area contributed by atoms with Gasteiger partial charge in [-0.05, 0) is 55.0 Å². The second-order valence-electron chi connectivity index (χ2n) is 7.79. The third-order valence-electron chi connectivity index (χ3n) is 5.72. The van der Waals surface area contributed by atoms with Gasteiger partial charge < -0.3 is 28.6 Å². The van der Waals surface area contributed by atoms with Crippen LogP contribution >= 0.6 is 0 Å². The Hall–Kier alpha value is -4.20. The van der Waals surface area contributed by atoms with Crippen LogP contribution in [0.15, 0.2) is 64.6 Å². The monoisotopic (exact) mass is 463 g/mol. The van der Waals surface area contributed by atoms with Gasteiger partial charge in [0.2, 0.25) is 0 Å². The Morgan fingerprint density at radius 1 is 0.971 bits per heavy atom. The molecule has 2 heterocycles. The zero-order chi connectivity index (χ0) is 24.4. The van der Waals surface area contributed by atoms with Gasteiger partial charge in [-0.15, -0.1) is 0 Å². The van der Waals surface area contributed by atoms with Crippen molar-refractivity contribution in [2.75, 3.05) is 21.3 Å². The van der Waals surface area contributed by atoms with Crippen molar-refractivity contribution in [2.45, 2.75) is 19.5 Å². The van der Waals surface area contributed by atoms with Gasteiger partial charge in [0.1, 0.15) is 40.6 Å². The summed E-state index contributed by atoms with van der Waals surface area (Å²) in [7, 11) is 4.50. The Morgan fingerprint density at radius 3 is 2.35 bits per heavy atom. The zero-order valence-electron chi connectivity index (χ0n) is 19.3. The molecule has 0 saturated carbocycles. The van der Waals surface area contributed by atoms with Gasteiger partial charge in [0.15, 0.2) is 0 Å². The topological polar surface area (TPSA) is 98.4 Å². The quantitative estimate of drug-likeness (QED) is 0.318. The summed E-state index contributed by atoms with van der Waals surface area (Å²) < 4.78 is 21.8. The number of aliphatic hydroxyl groups excluding tert-OH is 1. The van der Waals surface area contributed by atoms with Crippen molar-refractivity contribution in [2.24, 2.45) is 0 Å². The van der Waals surface area contributed by atoms with Crippen LogP contribution < -0.4 is 14.2 Å². The summed E-state index contributed by atoms with van der Waals surface area (Å²) in [5.41, 5.74) is 0.900. The first-order valence-electron chi connectivity index (χ1n) is 10.6. The lowest BCUT2D eigenvalue weighted by molar-refractivity contribution is -0.140. The number of Topliss-reactive ketones (excluding diaryl/α,β-unsaturated/α-hetero) is 1. The van der Waals surface area contributed by atoms with E-state index in [1.165, 1.54) is 19.1 Å².